The number of ether oxygens (including phenoxy) is 3. The Hall–Kier alpha value is -2.37. The van der Waals surface area contributed by atoms with Crippen LogP contribution in [0.1, 0.15) is 252 Å². The normalized spacial score (nSPS) is 12.3. The first kappa shape index (κ1) is 54.6. The topological polar surface area (TPSA) is 78.9 Å². The number of hydrogen-bond donors (Lipinski definition) is 0. The van der Waals surface area contributed by atoms with Crippen molar-refractivity contribution in [2.24, 2.45) is 0 Å². The minimum absolute atomic E-state index is 0.0776. The van der Waals surface area contributed by atoms with Crippen LogP contribution in [0.4, 0.5) is 0 Å². The van der Waals surface area contributed by atoms with Gasteiger partial charge in [-0.2, -0.15) is 0 Å². The Bertz CT molecular complexity index is 969. The van der Waals surface area contributed by atoms with E-state index in [0.29, 0.717) is 19.3 Å². The maximum Gasteiger partial charge on any atom is 0.306 e. The second-order valence-electron chi connectivity index (χ2n) is 16.4. The highest BCUT2D eigenvalue weighted by Gasteiger charge is 2.19. The summed E-state index contributed by atoms with van der Waals surface area (Å²) < 4.78 is 16.7. The lowest BCUT2D eigenvalue weighted by atomic mass is 10.0. The molecule has 0 rings (SSSR count). The van der Waals surface area contributed by atoms with Crippen molar-refractivity contribution in [2.75, 3.05) is 13.2 Å². The van der Waals surface area contributed by atoms with Gasteiger partial charge in [0.25, 0.3) is 0 Å². The predicted octanol–water partition coefficient (Wildman–Crippen LogP) is 15.8. The number of esters is 3. The van der Waals surface area contributed by atoms with Crippen LogP contribution in [0.25, 0.3) is 0 Å². The molecule has 0 aromatic rings. The number of carbonyl (C=O) groups excluding carboxylic acids is 3. The summed E-state index contributed by atoms with van der Waals surface area (Å²) in [6, 6.07) is 0. The van der Waals surface area contributed by atoms with Gasteiger partial charge < -0.3 is 14.2 Å². The smallest absolute Gasteiger partial charge is 0.306 e. The molecule has 0 aliphatic rings. The molecule has 0 aromatic carbocycles. The summed E-state index contributed by atoms with van der Waals surface area (Å²) >= 11 is 0. The summed E-state index contributed by atoms with van der Waals surface area (Å²) in [6.45, 7) is 6.57. The van der Waals surface area contributed by atoms with Crippen LogP contribution < -0.4 is 0 Å². The van der Waals surface area contributed by atoms with Crippen LogP contribution in [-0.2, 0) is 28.6 Å². The third kappa shape index (κ3) is 44.6. The van der Waals surface area contributed by atoms with Crippen LogP contribution in [0.5, 0.6) is 0 Å². The molecule has 0 bridgehead atoms. The minimum atomic E-state index is -0.777. The molecule has 0 N–H and O–H groups in total. The minimum Gasteiger partial charge on any atom is -0.462 e. The molecule has 0 saturated carbocycles. The first-order chi connectivity index (χ1) is 28.0. The van der Waals surface area contributed by atoms with E-state index in [9.17, 15) is 14.4 Å². The number of allylic oxidation sites excluding steroid dienone is 6. The Labute approximate surface area is 353 Å². The third-order valence-electron chi connectivity index (χ3n) is 10.6. The Balaban J connectivity index is 4.39. The van der Waals surface area contributed by atoms with E-state index in [4.69, 9.17) is 14.2 Å². The van der Waals surface area contributed by atoms with Crippen molar-refractivity contribution in [2.45, 2.75) is 258 Å². The van der Waals surface area contributed by atoms with Crippen LogP contribution in [0.3, 0.4) is 0 Å². The molecule has 57 heavy (non-hydrogen) atoms. The average molecular weight is 801 g/mol. The fourth-order valence-electron chi connectivity index (χ4n) is 6.86. The van der Waals surface area contributed by atoms with E-state index in [1.54, 1.807) is 0 Å². The van der Waals surface area contributed by atoms with Crippen molar-refractivity contribution in [3.8, 4) is 0 Å². The van der Waals surface area contributed by atoms with E-state index in [1.807, 2.05) is 0 Å². The summed E-state index contributed by atoms with van der Waals surface area (Å²) in [7, 11) is 0. The van der Waals surface area contributed by atoms with Crippen molar-refractivity contribution >= 4 is 17.9 Å². The number of rotatable bonds is 44. The van der Waals surface area contributed by atoms with Gasteiger partial charge >= 0.3 is 17.9 Å². The molecule has 0 saturated heterocycles. The van der Waals surface area contributed by atoms with Crippen molar-refractivity contribution in [1.82, 2.24) is 0 Å². The molecule has 0 aromatic heterocycles. The van der Waals surface area contributed by atoms with E-state index < -0.39 is 6.10 Å². The van der Waals surface area contributed by atoms with Gasteiger partial charge in [-0.1, -0.05) is 198 Å². The van der Waals surface area contributed by atoms with Crippen molar-refractivity contribution < 1.29 is 28.6 Å². The first-order valence-corrected chi connectivity index (χ1v) is 24.5. The van der Waals surface area contributed by atoms with Gasteiger partial charge in [0.2, 0.25) is 0 Å². The maximum absolute atomic E-state index is 12.7. The van der Waals surface area contributed by atoms with Crippen LogP contribution in [0.2, 0.25) is 0 Å². The van der Waals surface area contributed by atoms with Gasteiger partial charge in [0, 0.05) is 19.3 Å². The van der Waals surface area contributed by atoms with Crippen LogP contribution in [-0.4, -0.2) is 37.2 Å². The van der Waals surface area contributed by atoms with Crippen LogP contribution in [0.15, 0.2) is 36.5 Å². The molecule has 1 unspecified atom stereocenters. The highest BCUT2D eigenvalue weighted by molar-refractivity contribution is 5.71. The molecule has 0 spiro atoms. The maximum atomic E-state index is 12.7. The molecule has 0 radical (unpaired) electrons. The zero-order chi connectivity index (χ0) is 41.5. The molecule has 0 aliphatic heterocycles. The van der Waals surface area contributed by atoms with Crippen LogP contribution in [0, 0.1) is 0 Å². The SMILES string of the molecule is CCCC/C=C\C/C=C\CCCCCCCC(=O)OCC(COC(=O)CCCCCCCCCCCCCC)OC(=O)CCCCCCC/C=C\CCCCCC. The lowest BCUT2D eigenvalue weighted by molar-refractivity contribution is -0.167. The molecular weight excluding hydrogens is 709 g/mol. The lowest BCUT2D eigenvalue weighted by Gasteiger charge is -2.18. The predicted molar refractivity (Wildman–Crippen MR) is 242 cm³/mol. The number of unbranched alkanes of at least 4 members (excludes halogenated alkanes) is 27. The van der Waals surface area contributed by atoms with Gasteiger partial charge in [-0.25, -0.2) is 0 Å². The van der Waals surface area contributed by atoms with Crippen LogP contribution >= 0.6 is 0 Å². The summed E-state index contributed by atoms with van der Waals surface area (Å²) in [5.41, 5.74) is 0. The van der Waals surface area contributed by atoms with Gasteiger partial charge in [-0.3, -0.25) is 14.4 Å². The molecule has 0 heterocycles. The van der Waals surface area contributed by atoms with E-state index >= 15 is 0 Å². The monoisotopic (exact) mass is 801 g/mol. The Morgan fingerprint density at radius 3 is 1.05 bits per heavy atom. The second-order valence-corrected chi connectivity index (χ2v) is 16.4. The third-order valence-corrected chi connectivity index (χ3v) is 10.6. The van der Waals surface area contributed by atoms with E-state index in [1.165, 1.54) is 122 Å². The lowest BCUT2D eigenvalue weighted by Crippen LogP contribution is -2.30. The molecule has 332 valence electrons. The summed E-state index contributed by atoms with van der Waals surface area (Å²) in [5.74, 6) is -0.895. The molecule has 0 fully saturated rings. The molecule has 6 nitrogen and oxygen atoms in total. The second kappa shape index (κ2) is 46.3. The van der Waals surface area contributed by atoms with E-state index in [0.717, 1.165) is 89.9 Å². The van der Waals surface area contributed by atoms with Crippen molar-refractivity contribution in [3.05, 3.63) is 36.5 Å². The zero-order valence-electron chi connectivity index (χ0n) is 37.9. The largest absolute Gasteiger partial charge is 0.462 e. The van der Waals surface area contributed by atoms with Gasteiger partial charge in [0.15, 0.2) is 6.10 Å². The number of carbonyl (C=O) groups is 3. The fourth-order valence-corrected chi connectivity index (χ4v) is 6.86. The van der Waals surface area contributed by atoms with E-state index in [-0.39, 0.29) is 31.1 Å². The average Bonchev–Trinajstić information content (AvgIpc) is 3.21. The summed E-state index contributed by atoms with van der Waals surface area (Å²) in [6.07, 6.45) is 52.6. The van der Waals surface area contributed by atoms with Gasteiger partial charge in [0.1, 0.15) is 13.2 Å². The Morgan fingerprint density at radius 2 is 0.649 bits per heavy atom. The van der Waals surface area contributed by atoms with Gasteiger partial charge in [-0.05, 0) is 70.6 Å². The van der Waals surface area contributed by atoms with Gasteiger partial charge in [0.05, 0.1) is 0 Å². The Kier molecular flexibility index (Phi) is 44.4. The zero-order valence-corrected chi connectivity index (χ0v) is 37.9. The Morgan fingerprint density at radius 1 is 0.351 bits per heavy atom. The van der Waals surface area contributed by atoms with Crippen molar-refractivity contribution in [3.63, 3.8) is 0 Å². The molecule has 0 aliphatic carbocycles. The number of hydrogen-bond acceptors (Lipinski definition) is 6. The van der Waals surface area contributed by atoms with Gasteiger partial charge in [-0.15, -0.1) is 0 Å². The molecular formula is C51H92O6. The first-order valence-electron chi connectivity index (χ1n) is 24.5. The highest BCUT2D eigenvalue weighted by atomic mass is 16.6. The standard InChI is InChI=1S/C51H92O6/c1-4-7-10-13-16-19-22-25-27-29-32-35-38-41-44-50(53)56-47-48(46-55-49(52)43-40-37-34-31-28-24-21-18-15-12-9-6-3)57-51(54)45-42-39-36-33-30-26-23-20-17-14-11-8-5-2/h13,16,20,22-23,25,48H,4-12,14-15,17-19,21,24,26-47H2,1-3H3/b16-13-,23-20-,25-22-. The highest BCUT2D eigenvalue weighted by Crippen LogP contribution is 2.15. The summed E-state index contributed by atoms with van der Waals surface area (Å²) in [5, 5.41) is 0. The molecule has 6 heteroatoms. The molecule has 1 atom stereocenters. The van der Waals surface area contributed by atoms with Crippen molar-refractivity contribution in [1.29, 1.82) is 0 Å². The fraction of sp³-hybridized carbons (Fsp3) is 0.824. The summed E-state index contributed by atoms with van der Waals surface area (Å²) in [4.78, 5) is 37.8. The van der Waals surface area contributed by atoms with E-state index in [2.05, 4.69) is 57.2 Å². The quantitative estimate of drug-likeness (QED) is 0.0264. The molecule has 0 amide bonds.